The predicted molar refractivity (Wildman–Crippen MR) is 188 cm³/mol. The van der Waals surface area contributed by atoms with Crippen molar-refractivity contribution in [3.05, 3.63) is 137 Å². The van der Waals surface area contributed by atoms with E-state index < -0.39 is 42.5 Å². The number of alkyl carbamates (subject to hydrolysis) is 1. The summed E-state index contributed by atoms with van der Waals surface area (Å²) in [5.74, 6) is -2.09. The number of halogens is 5. The van der Waals surface area contributed by atoms with E-state index in [1.165, 1.54) is 29.8 Å². The molecule has 0 aromatic heterocycles. The second kappa shape index (κ2) is 17.6. The van der Waals surface area contributed by atoms with Gasteiger partial charge in [0.25, 0.3) is 0 Å². The Morgan fingerprint density at radius 3 is 2.13 bits per heavy atom. The molecule has 4 aromatic rings. The van der Waals surface area contributed by atoms with Gasteiger partial charge in [-0.25, -0.2) is 13.6 Å². The molecule has 0 aliphatic carbocycles. The van der Waals surface area contributed by atoms with Crippen LogP contribution in [0.15, 0.2) is 97.1 Å². The molecule has 0 bridgehead atoms. The standard InChI is InChI=1S/C40H42F5N3O4/c1-25(27-7-4-3-5-8-27)28-11-13-29(14-12-28)37(30-15-17-31(41)18-16-30)26(2)38(49)48-36-10-6-9-35(42)34(36)20-19-33-21-46-32(22-51-33)23-52-39(50)47-24-40(43,44)45/h3-18,25-26,32-33,37,46H,19-24H2,1-2H3,(H,47,50)(H,48,49)/t25-,26-,32-,33+,37-/m0/s1. The Balaban J connectivity index is 1.22. The van der Waals surface area contributed by atoms with Crippen LogP contribution in [-0.2, 0) is 20.7 Å². The number of ether oxygens (including phenoxy) is 2. The van der Waals surface area contributed by atoms with E-state index in [0.29, 0.717) is 24.2 Å². The summed E-state index contributed by atoms with van der Waals surface area (Å²) < 4.78 is 76.7. The van der Waals surface area contributed by atoms with Crippen molar-refractivity contribution in [2.75, 3.05) is 31.6 Å². The summed E-state index contributed by atoms with van der Waals surface area (Å²) in [6, 6.07) is 28.4. The van der Waals surface area contributed by atoms with Gasteiger partial charge in [-0.2, -0.15) is 13.2 Å². The molecule has 12 heteroatoms. The van der Waals surface area contributed by atoms with Crippen molar-refractivity contribution in [2.24, 2.45) is 5.92 Å². The highest BCUT2D eigenvalue weighted by Crippen LogP contribution is 2.35. The molecule has 0 saturated carbocycles. The number of nitrogens with one attached hydrogen (secondary N) is 3. The molecule has 5 atom stereocenters. The van der Waals surface area contributed by atoms with Gasteiger partial charge in [0.1, 0.15) is 24.8 Å². The Kier molecular flexibility index (Phi) is 13.0. The minimum Gasteiger partial charge on any atom is -0.448 e. The molecular weight excluding hydrogens is 681 g/mol. The highest BCUT2D eigenvalue weighted by molar-refractivity contribution is 5.94. The third-order valence-electron chi connectivity index (χ3n) is 9.35. The molecule has 4 aromatic carbocycles. The van der Waals surface area contributed by atoms with Gasteiger partial charge in [0, 0.05) is 35.5 Å². The summed E-state index contributed by atoms with van der Waals surface area (Å²) in [6.07, 6.45) is -5.41. The first-order chi connectivity index (χ1) is 24.9. The van der Waals surface area contributed by atoms with Crippen LogP contribution < -0.4 is 16.0 Å². The van der Waals surface area contributed by atoms with Crippen molar-refractivity contribution < 1.29 is 41.0 Å². The molecule has 276 valence electrons. The Hall–Kier alpha value is -4.81. The molecule has 1 saturated heterocycles. The van der Waals surface area contributed by atoms with Gasteiger partial charge in [0.15, 0.2) is 0 Å². The highest BCUT2D eigenvalue weighted by Gasteiger charge is 2.30. The Morgan fingerprint density at radius 2 is 1.50 bits per heavy atom. The number of rotatable bonds is 13. The SMILES string of the molecule is C[C@@H](c1ccccc1)c1ccc([C@@H](c2ccc(F)cc2)[C@H](C)C(=O)Nc2cccc(F)c2CC[C@@H]2CN[C@H](COC(=O)NCC(F)(F)F)CO2)cc1. The molecule has 0 radical (unpaired) electrons. The van der Waals surface area contributed by atoms with E-state index in [0.717, 1.165) is 16.7 Å². The molecule has 1 fully saturated rings. The van der Waals surface area contributed by atoms with E-state index in [4.69, 9.17) is 9.47 Å². The lowest BCUT2D eigenvalue weighted by atomic mass is 9.80. The van der Waals surface area contributed by atoms with Crippen molar-refractivity contribution in [1.82, 2.24) is 10.6 Å². The number of benzene rings is 4. The van der Waals surface area contributed by atoms with Gasteiger partial charge in [0.2, 0.25) is 5.91 Å². The smallest absolute Gasteiger partial charge is 0.407 e. The third kappa shape index (κ3) is 10.6. The minimum atomic E-state index is -4.54. The normalized spacial score (nSPS) is 17.8. The van der Waals surface area contributed by atoms with Gasteiger partial charge in [-0.1, -0.05) is 86.6 Å². The van der Waals surface area contributed by atoms with Gasteiger partial charge in [-0.3, -0.25) is 4.79 Å². The molecule has 0 spiro atoms. The van der Waals surface area contributed by atoms with Crippen LogP contribution in [0.5, 0.6) is 0 Å². The molecule has 1 heterocycles. The van der Waals surface area contributed by atoms with Crippen LogP contribution in [0.3, 0.4) is 0 Å². The van der Waals surface area contributed by atoms with E-state index in [9.17, 15) is 27.2 Å². The molecule has 3 N–H and O–H groups in total. The monoisotopic (exact) mass is 723 g/mol. The number of carbonyl (C=O) groups excluding carboxylic acids is 2. The Morgan fingerprint density at radius 1 is 0.865 bits per heavy atom. The Bertz CT molecular complexity index is 1760. The zero-order valence-electron chi connectivity index (χ0n) is 28.9. The fourth-order valence-corrected chi connectivity index (χ4v) is 6.36. The summed E-state index contributed by atoms with van der Waals surface area (Å²) in [5.41, 5.74) is 4.59. The van der Waals surface area contributed by atoms with Gasteiger partial charge < -0.3 is 25.4 Å². The molecule has 0 unspecified atom stereocenters. The summed E-state index contributed by atoms with van der Waals surface area (Å²) in [6.45, 7) is 2.73. The lowest BCUT2D eigenvalue weighted by Crippen LogP contribution is -2.49. The topological polar surface area (TPSA) is 88.7 Å². The molecule has 2 amide bonds. The molecule has 1 aliphatic rings. The average molecular weight is 724 g/mol. The maximum Gasteiger partial charge on any atom is 0.407 e. The Labute approximate surface area is 299 Å². The van der Waals surface area contributed by atoms with Gasteiger partial charge in [0.05, 0.1) is 18.8 Å². The maximum absolute atomic E-state index is 15.2. The van der Waals surface area contributed by atoms with Crippen molar-refractivity contribution in [1.29, 1.82) is 0 Å². The summed E-state index contributed by atoms with van der Waals surface area (Å²) in [4.78, 5) is 25.4. The van der Waals surface area contributed by atoms with E-state index in [1.54, 1.807) is 30.4 Å². The zero-order chi connectivity index (χ0) is 37.3. The fourth-order valence-electron chi connectivity index (χ4n) is 6.36. The van der Waals surface area contributed by atoms with Crippen LogP contribution in [0.1, 0.15) is 59.9 Å². The van der Waals surface area contributed by atoms with Gasteiger partial charge in [-0.15, -0.1) is 0 Å². The number of alkyl halides is 3. The lowest BCUT2D eigenvalue weighted by molar-refractivity contribution is -0.124. The largest absolute Gasteiger partial charge is 0.448 e. The van der Waals surface area contributed by atoms with Crippen molar-refractivity contribution in [2.45, 2.75) is 56.8 Å². The first-order valence-corrected chi connectivity index (χ1v) is 17.2. The summed E-state index contributed by atoms with van der Waals surface area (Å²) >= 11 is 0. The molecule has 7 nitrogen and oxygen atoms in total. The number of carbonyl (C=O) groups is 2. The second-order valence-corrected chi connectivity index (χ2v) is 13.0. The maximum atomic E-state index is 15.2. The number of amides is 2. The minimum absolute atomic E-state index is 0.131. The average Bonchev–Trinajstić information content (AvgIpc) is 3.14. The van der Waals surface area contributed by atoms with Crippen LogP contribution in [0.4, 0.5) is 32.4 Å². The molecule has 52 heavy (non-hydrogen) atoms. The number of morpholine rings is 1. The lowest BCUT2D eigenvalue weighted by Gasteiger charge is -2.30. The predicted octanol–water partition coefficient (Wildman–Crippen LogP) is 8.10. The van der Waals surface area contributed by atoms with Crippen LogP contribution in [0.25, 0.3) is 0 Å². The summed E-state index contributed by atoms with van der Waals surface area (Å²) in [7, 11) is 0. The highest BCUT2D eigenvalue weighted by atomic mass is 19.4. The number of hydrogen-bond acceptors (Lipinski definition) is 5. The van der Waals surface area contributed by atoms with E-state index in [-0.39, 0.29) is 43.4 Å². The van der Waals surface area contributed by atoms with Crippen molar-refractivity contribution in [3.63, 3.8) is 0 Å². The number of hydrogen-bond donors (Lipinski definition) is 3. The van der Waals surface area contributed by atoms with E-state index >= 15 is 4.39 Å². The van der Waals surface area contributed by atoms with E-state index in [2.05, 4.69) is 29.7 Å². The molecule has 1 aliphatic heterocycles. The summed E-state index contributed by atoms with van der Waals surface area (Å²) in [5, 5.41) is 7.72. The first-order valence-electron chi connectivity index (χ1n) is 17.2. The molecular formula is C40H42F5N3O4. The number of anilines is 1. The quantitative estimate of drug-likeness (QED) is 0.121. The van der Waals surface area contributed by atoms with Crippen molar-refractivity contribution >= 4 is 17.7 Å². The van der Waals surface area contributed by atoms with Crippen molar-refractivity contribution in [3.8, 4) is 0 Å². The zero-order valence-corrected chi connectivity index (χ0v) is 28.9. The van der Waals surface area contributed by atoms with Gasteiger partial charge in [-0.05, 0) is 59.4 Å². The molecule has 5 rings (SSSR count). The van der Waals surface area contributed by atoms with Crippen LogP contribution in [0.2, 0.25) is 0 Å². The fraction of sp³-hybridized carbons (Fsp3) is 0.350. The first kappa shape index (κ1) is 38.4. The van der Waals surface area contributed by atoms with Crippen LogP contribution in [-0.4, -0.2) is 56.6 Å². The van der Waals surface area contributed by atoms with Crippen LogP contribution >= 0.6 is 0 Å². The second-order valence-electron chi connectivity index (χ2n) is 13.0. The van der Waals surface area contributed by atoms with Crippen LogP contribution in [0, 0.1) is 17.6 Å². The van der Waals surface area contributed by atoms with E-state index in [1.807, 2.05) is 42.5 Å². The van der Waals surface area contributed by atoms with Gasteiger partial charge >= 0.3 is 12.3 Å². The third-order valence-corrected chi connectivity index (χ3v) is 9.35.